The number of halogens is 3. The van der Waals surface area contributed by atoms with Crippen LogP contribution < -0.4 is 0 Å². The van der Waals surface area contributed by atoms with Gasteiger partial charge >= 0.3 is 5.97 Å². The quantitative estimate of drug-likeness (QED) is 0.686. The molecule has 1 heterocycles. The van der Waals surface area contributed by atoms with Crippen molar-refractivity contribution in [3.63, 3.8) is 0 Å². The molecule has 0 unspecified atom stereocenters. The summed E-state index contributed by atoms with van der Waals surface area (Å²) in [6.45, 7) is 1.67. The van der Waals surface area contributed by atoms with Gasteiger partial charge in [0.25, 0.3) is 6.43 Å². The molecule has 7 heteroatoms. The third-order valence-corrected chi connectivity index (χ3v) is 2.46. The Labute approximate surface area is 105 Å². The highest BCUT2D eigenvalue weighted by molar-refractivity contribution is 9.08. The molecular formula is C10H10BrF2NO3. The van der Waals surface area contributed by atoms with E-state index in [2.05, 4.69) is 25.7 Å². The lowest BCUT2D eigenvalue weighted by atomic mass is 10.1. The molecule has 0 atom stereocenters. The van der Waals surface area contributed by atoms with E-state index in [1.165, 1.54) is 0 Å². The third-order valence-electron chi connectivity index (χ3n) is 1.93. The molecule has 0 aromatic carbocycles. The molecule has 0 saturated heterocycles. The van der Waals surface area contributed by atoms with Crippen molar-refractivity contribution >= 4 is 21.9 Å². The number of carbonyl (C=O) groups excluding carboxylic acids is 1. The molecule has 0 aliphatic rings. The Bertz CT molecular complexity index is 426. The topological polar surface area (TPSA) is 59.4 Å². The Kier molecular flexibility index (Phi) is 4.80. The van der Waals surface area contributed by atoms with Gasteiger partial charge in [-0.1, -0.05) is 15.9 Å². The first-order valence-corrected chi connectivity index (χ1v) is 5.87. The zero-order chi connectivity index (χ0) is 13.0. The maximum atomic E-state index is 12.5. The van der Waals surface area contributed by atoms with Gasteiger partial charge in [-0.3, -0.25) is 0 Å². The second kappa shape index (κ2) is 5.90. The van der Waals surface area contributed by atoms with Crippen LogP contribution in [0, 0.1) is 0 Å². The van der Waals surface area contributed by atoms with Gasteiger partial charge in [0.05, 0.1) is 12.3 Å². The van der Waals surface area contributed by atoms with Crippen molar-refractivity contribution in [1.29, 1.82) is 0 Å². The average molecular weight is 310 g/mol. The molecule has 0 spiro atoms. The number of esters is 1. The predicted octanol–water partition coefficient (Wildman–Crippen LogP) is 2.80. The fraction of sp³-hybridized carbons (Fsp3) is 0.400. The van der Waals surface area contributed by atoms with Crippen LogP contribution in [0.3, 0.4) is 0 Å². The van der Waals surface area contributed by atoms with Gasteiger partial charge in [-0.15, -0.1) is 0 Å². The molecule has 0 bridgehead atoms. The fourth-order valence-corrected chi connectivity index (χ4v) is 1.57. The third kappa shape index (κ3) is 3.12. The lowest BCUT2D eigenvalue weighted by molar-refractivity contribution is 0.0522. The smallest absolute Gasteiger partial charge is 0.342 e. The Balaban J connectivity index is 3.27. The van der Waals surface area contributed by atoms with Crippen LogP contribution in [-0.4, -0.2) is 22.7 Å². The van der Waals surface area contributed by atoms with Gasteiger partial charge in [0.2, 0.25) is 0 Å². The molecule has 0 radical (unpaired) electrons. The molecular weight excluding hydrogens is 300 g/mol. The van der Waals surface area contributed by atoms with E-state index in [9.17, 15) is 18.7 Å². The molecule has 0 amide bonds. The van der Waals surface area contributed by atoms with Crippen LogP contribution in [0.5, 0.6) is 5.75 Å². The first-order chi connectivity index (χ1) is 8.01. The van der Waals surface area contributed by atoms with Crippen molar-refractivity contribution in [2.24, 2.45) is 0 Å². The van der Waals surface area contributed by atoms with Crippen molar-refractivity contribution in [3.05, 3.63) is 23.0 Å². The maximum absolute atomic E-state index is 12.5. The monoisotopic (exact) mass is 309 g/mol. The summed E-state index contributed by atoms with van der Waals surface area (Å²) in [5, 5.41) is 9.72. The maximum Gasteiger partial charge on any atom is 0.342 e. The summed E-state index contributed by atoms with van der Waals surface area (Å²) in [7, 11) is 0. The van der Waals surface area contributed by atoms with Crippen LogP contribution in [0.1, 0.15) is 35.1 Å². The number of nitrogens with zero attached hydrogens (tertiary/aromatic N) is 1. The Morgan fingerprint density at radius 1 is 1.65 bits per heavy atom. The van der Waals surface area contributed by atoms with Crippen LogP contribution in [0.4, 0.5) is 8.78 Å². The van der Waals surface area contributed by atoms with Crippen LogP contribution in [0.2, 0.25) is 0 Å². The standard InChI is InChI=1S/C10H10BrF2NO3/c1-2-17-10(16)5-3-6(9(12)13)14-7(4-11)8(5)15/h3,9,15H,2,4H2,1H3. The summed E-state index contributed by atoms with van der Waals surface area (Å²) < 4.78 is 29.7. The number of carbonyl (C=O) groups is 1. The van der Waals surface area contributed by atoms with E-state index < -0.39 is 23.8 Å². The summed E-state index contributed by atoms with van der Waals surface area (Å²) in [5.74, 6) is -1.29. The molecule has 1 aromatic heterocycles. The van der Waals surface area contributed by atoms with E-state index in [4.69, 9.17) is 0 Å². The summed E-state index contributed by atoms with van der Waals surface area (Å²) in [6.07, 6.45) is -2.82. The normalized spacial score (nSPS) is 10.6. The Morgan fingerprint density at radius 2 is 2.29 bits per heavy atom. The summed E-state index contributed by atoms with van der Waals surface area (Å²) in [4.78, 5) is 15.0. The van der Waals surface area contributed by atoms with Gasteiger partial charge in [0.1, 0.15) is 11.3 Å². The van der Waals surface area contributed by atoms with Crippen LogP contribution in [0.15, 0.2) is 6.07 Å². The number of aromatic nitrogens is 1. The number of alkyl halides is 3. The molecule has 1 rings (SSSR count). The van der Waals surface area contributed by atoms with Crippen LogP contribution >= 0.6 is 15.9 Å². The summed E-state index contributed by atoms with van der Waals surface area (Å²) in [5.41, 5.74) is -0.891. The predicted molar refractivity (Wildman–Crippen MR) is 59.4 cm³/mol. The van der Waals surface area contributed by atoms with E-state index >= 15 is 0 Å². The van der Waals surface area contributed by atoms with Gasteiger partial charge in [-0.25, -0.2) is 18.6 Å². The summed E-state index contributed by atoms with van der Waals surface area (Å²) in [6, 6.07) is 0.837. The zero-order valence-corrected chi connectivity index (χ0v) is 10.5. The van der Waals surface area contributed by atoms with E-state index in [0.29, 0.717) is 0 Å². The molecule has 94 valence electrons. The fourth-order valence-electron chi connectivity index (χ4n) is 1.18. The number of pyridine rings is 1. The second-order valence-electron chi connectivity index (χ2n) is 3.04. The first kappa shape index (κ1) is 13.8. The van der Waals surface area contributed by atoms with Gasteiger partial charge in [-0.05, 0) is 13.0 Å². The lowest BCUT2D eigenvalue weighted by Gasteiger charge is -2.09. The largest absolute Gasteiger partial charge is 0.505 e. The highest BCUT2D eigenvalue weighted by Gasteiger charge is 2.21. The van der Waals surface area contributed by atoms with Gasteiger partial charge in [0.15, 0.2) is 5.75 Å². The lowest BCUT2D eigenvalue weighted by Crippen LogP contribution is -2.08. The van der Waals surface area contributed by atoms with Gasteiger partial charge in [-0.2, -0.15) is 0 Å². The molecule has 0 saturated carbocycles. The van der Waals surface area contributed by atoms with E-state index in [-0.39, 0.29) is 23.2 Å². The minimum absolute atomic E-state index is 0.0224. The SMILES string of the molecule is CCOC(=O)c1cc(C(F)F)nc(CBr)c1O. The number of hydrogen-bond donors (Lipinski definition) is 1. The van der Waals surface area contributed by atoms with Gasteiger partial charge < -0.3 is 9.84 Å². The number of ether oxygens (including phenoxy) is 1. The number of rotatable bonds is 4. The van der Waals surface area contributed by atoms with Crippen LogP contribution in [0.25, 0.3) is 0 Å². The molecule has 0 aliphatic carbocycles. The molecule has 4 nitrogen and oxygen atoms in total. The summed E-state index contributed by atoms with van der Waals surface area (Å²) >= 11 is 2.99. The highest BCUT2D eigenvalue weighted by atomic mass is 79.9. The van der Waals surface area contributed by atoms with Gasteiger partial charge in [0, 0.05) is 5.33 Å². The first-order valence-electron chi connectivity index (χ1n) is 4.75. The molecule has 17 heavy (non-hydrogen) atoms. The Hall–Kier alpha value is -1.24. The molecule has 1 N–H and O–H groups in total. The minimum Gasteiger partial charge on any atom is -0.505 e. The van der Waals surface area contributed by atoms with Crippen molar-refractivity contribution < 1.29 is 23.4 Å². The molecule has 1 aromatic rings. The van der Waals surface area contributed by atoms with E-state index in [1.54, 1.807) is 6.92 Å². The second-order valence-corrected chi connectivity index (χ2v) is 3.61. The molecule has 0 aliphatic heterocycles. The van der Waals surface area contributed by atoms with Crippen LogP contribution in [-0.2, 0) is 10.1 Å². The Morgan fingerprint density at radius 3 is 2.76 bits per heavy atom. The average Bonchev–Trinajstić information content (AvgIpc) is 2.29. The van der Waals surface area contributed by atoms with E-state index in [1.807, 2.05) is 0 Å². The number of aromatic hydroxyl groups is 1. The van der Waals surface area contributed by atoms with Crippen molar-refractivity contribution in [2.45, 2.75) is 18.7 Å². The zero-order valence-electron chi connectivity index (χ0n) is 8.91. The van der Waals surface area contributed by atoms with Crippen molar-refractivity contribution in [3.8, 4) is 5.75 Å². The molecule has 0 fully saturated rings. The number of hydrogen-bond acceptors (Lipinski definition) is 4. The van der Waals surface area contributed by atoms with E-state index in [0.717, 1.165) is 6.07 Å². The highest BCUT2D eigenvalue weighted by Crippen LogP contribution is 2.28. The van der Waals surface area contributed by atoms with Crippen molar-refractivity contribution in [1.82, 2.24) is 4.98 Å². The van der Waals surface area contributed by atoms with Crippen molar-refractivity contribution in [2.75, 3.05) is 6.61 Å². The minimum atomic E-state index is -2.82.